The second-order valence-corrected chi connectivity index (χ2v) is 8.05. The summed E-state index contributed by atoms with van der Waals surface area (Å²) in [5.74, 6) is 0.588. The van der Waals surface area contributed by atoms with E-state index >= 15 is 0 Å². The van der Waals surface area contributed by atoms with Crippen LogP contribution in [0.4, 0.5) is 0 Å². The lowest BCUT2D eigenvalue weighted by molar-refractivity contribution is -0.136. The molecule has 168 valence electrons. The minimum atomic E-state index is -0.116. The van der Waals surface area contributed by atoms with E-state index in [1.165, 1.54) is 11.3 Å². The number of hydrogen-bond acceptors (Lipinski definition) is 3. The summed E-state index contributed by atoms with van der Waals surface area (Å²) in [6.45, 7) is 14.1. The zero-order chi connectivity index (χ0) is 22.7. The molecule has 0 bridgehead atoms. The number of benzene rings is 1. The van der Waals surface area contributed by atoms with Crippen LogP contribution in [0.1, 0.15) is 58.6 Å². The van der Waals surface area contributed by atoms with Crippen molar-refractivity contribution in [2.24, 2.45) is 5.92 Å². The first-order valence-electron chi connectivity index (χ1n) is 11.4. The third kappa shape index (κ3) is 6.73. The van der Waals surface area contributed by atoms with Gasteiger partial charge in [0.25, 0.3) is 0 Å². The van der Waals surface area contributed by atoms with Gasteiger partial charge in [-0.3, -0.25) is 4.79 Å². The Morgan fingerprint density at radius 1 is 1.27 bits per heavy atom. The first-order valence-corrected chi connectivity index (χ1v) is 11.4. The minimum absolute atomic E-state index is 0.0494. The molecule has 30 heavy (non-hydrogen) atoms. The molecule has 1 aliphatic rings. The van der Waals surface area contributed by atoms with Gasteiger partial charge in [0.05, 0.1) is 6.04 Å². The van der Waals surface area contributed by atoms with Crippen molar-refractivity contribution in [3.8, 4) is 0 Å². The van der Waals surface area contributed by atoms with Gasteiger partial charge in [-0.2, -0.15) is 0 Å². The molecule has 4 nitrogen and oxygen atoms in total. The molecular weight excluding hydrogens is 370 g/mol. The third-order valence-corrected chi connectivity index (χ3v) is 5.82. The molecule has 1 aromatic rings. The van der Waals surface area contributed by atoms with E-state index in [2.05, 4.69) is 74.7 Å². The zero-order valence-electron chi connectivity index (χ0n) is 20.3. The number of likely N-dealkylation sites (N-methyl/N-ethyl adjacent to an activating group) is 3. The van der Waals surface area contributed by atoms with E-state index in [1.54, 1.807) is 0 Å². The predicted octanol–water partition coefficient (Wildman–Crippen LogP) is 5.35. The van der Waals surface area contributed by atoms with Gasteiger partial charge in [-0.25, -0.2) is 0 Å². The molecule has 3 atom stereocenters. The SMILES string of the molecule is C=CCC(C)C1=CCC(C(=O)N(C)[C@H](CN(C)CCC)c2ccccc2)N1C.CC. The van der Waals surface area contributed by atoms with Crippen LogP contribution in [0.15, 0.2) is 54.8 Å². The van der Waals surface area contributed by atoms with Gasteiger partial charge in [0.2, 0.25) is 5.91 Å². The van der Waals surface area contributed by atoms with Gasteiger partial charge in [0.1, 0.15) is 6.04 Å². The average molecular weight is 414 g/mol. The average Bonchev–Trinajstić information content (AvgIpc) is 3.15. The fourth-order valence-corrected chi connectivity index (χ4v) is 4.18. The van der Waals surface area contributed by atoms with E-state index in [1.807, 2.05) is 37.9 Å². The summed E-state index contributed by atoms with van der Waals surface area (Å²) in [6, 6.07) is 10.3. The maximum atomic E-state index is 13.4. The minimum Gasteiger partial charge on any atom is -0.366 e. The molecule has 2 rings (SSSR count). The van der Waals surface area contributed by atoms with Crippen molar-refractivity contribution in [2.75, 3.05) is 34.2 Å². The molecule has 1 heterocycles. The maximum Gasteiger partial charge on any atom is 0.245 e. The predicted molar refractivity (Wildman–Crippen MR) is 129 cm³/mol. The van der Waals surface area contributed by atoms with Crippen molar-refractivity contribution in [1.82, 2.24) is 14.7 Å². The van der Waals surface area contributed by atoms with Gasteiger partial charge in [-0.05, 0) is 44.3 Å². The number of carbonyl (C=O) groups is 1. The molecule has 0 spiro atoms. The van der Waals surface area contributed by atoms with Crippen LogP contribution in [0.2, 0.25) is 0 Å². The summed E-state index contributed by atoms with van der Waals surface area (Å²) in [5.41, 5.74) is 2.45. The smallest absolute Gasteiger partial charge is 0.245 e. The number of carbonyl (C=O) groups excluding carboxylic acids is 1. The quantitative estimate of drug-likeness (QED) is 0.484. The van der Waals surface area contributed by atoms with Gasteiger partial charge in [-0.15, -0.1) is 6.58 Å². The molecule has 0 fully saturated rings. The van der Waals surface area contributed by atoms with E-state index in [-0.39, 0.29) is 18.0 Å². The molecule has 0 radical (unpaired) electrons. The van der Waals surface area contributed by atoms with Gasteiger partial charge >= 0.3 is 0 Å². The van der Waals surface area contributed by atoms with Crippen LogP contribution in [0.5, 0.6) is 0 Å². The summed E-state index contributed by atoms with van der Waals surface area (Å²) in [6.07, 6.45) is 7.00. The van der Waals surface area contributed by atoms with Crippen LogP contribution < -0.4 is 0 Å². The molecule has 0 saturated heterocycles. The van der Waals surface area contributed by atoms with Crippen molar-refractivity contribution < 1.29 is 4.79 Å². The molecule has 1 aromatic carbocycles. The van der Waals surface area contributed by atoms with Gasteiger partial charge < -0.3 is 14.7 Å². The number of rotatable bonds is 10. The summed E-state index contributed by atoms with van der Waals surface area (Å²) < 4.78 is 0. The molecular formula is C26H43N3O. The Hall–Kier alpha value is -2.07. The Morgan fingerprint density at radius 2 is 1.90 bits per heavy atom. The first-order chi connectivity index (χ1) is 14.4. The van der Waals surface area contributed by atoms with Crippen LogP contribution >= 0.6 is 0 Å². The fraction of sp³-hybridized carbons (Fsp3) is 0.577. The number of amides is 1. The largest absolute Gasteiger partial charge is 0.366 e. The van der Waals surface area contributed by atoms with E-state index in [4.69, 9.17) is 0 Å². The van der Waals surface area contributed by atoms with Gasteiger partial charge in [0, 0.05) is 26.3 Å². The Bertz CT molecular complexity index is 670. The highest BCUT2D eigenvalue weighted by atomic mass is 16.2. The van der Waals surface area contributed by atoms with Crippen molar-refractivity contribution in [2.45, 2.75) is 59.0 Å². The summed E-state index contributed by atoms with van der Waals surface area (Å²) in [5, 5.41) is 0. The van der Waals surface area contributed by atoms with Crippen LogP contribution in [-0.4, -0.2) is 60.9 Å². The second-order valence-electron chi connectivity index (χ2n) is 8.05. The second kappa shape index (κ2) is 13.3. The molecule has 4 heteroatoms. The number of hydrogen-bond donors (Lipinski definition) is 0. The van der Waals surface area contributed by atoms with Gasteiger partial charge in [-0.1, -0.05) is 70.2 Å². The highest BCUT2D eigenvalue weighted by Gasteiger charge is 2.35. The summed E-state index contributed by atoms with van der Waals surface area (Å²) in [4.78, 5) is 19.9. The Labute approximate surface area is 185 Å². The fourth-order valence-electron chi connectivity index (χ4n) is 4.18. The van der Waals surface area contributed by atoms with E-state index in [0.717, 1.165) is 32.4 Å². The standard InChI is InChI=1S/C24H37N3O.C2H6/c1-7-12-19(3)21-15-16-22(26(21)5)24(28)27(6)23(18-25(4)17-8-2)20-13-10-9-11-14-20;1-2/h7,9-11,13-15,19,22-23H,1,8,12,16-18H2,2-6H3;1-2H3/t19?,22?,23-;/m1./s1. The number of allylic oxidation sites excluding steroid dienone is 2. The van der Waals surface area contributed by atoms with Crippen molar-refractivity contribution in [3.63, 3.8) is 0 Å². The maximum absolute atomic E-state index is 13.4. The molecule has 2 unspecified atom stereocenters. The Balaban J connectivity index is 0.00000218. The molecule has 0 N–H and O–H groups in total. The molecule has 1 amide bonds. The topological polar surface area (TPSA) is 26.8 Å². The molecule has 0 aromatic heterocycles. The van der Waals surface area contributed by atoms with E-state index in [0.29, 0.717) is 5.92 Å². The van der Waals surface area contributed by atoms with Crippen molar-refractivity contribution in [3.05, 3.63) is 60.3 Å². The molecule has 0 saturated carbocycles. The lowest BCUT2D eigenvalue weighted by Gasteiger charge is -2.36. The third-order valence-electron chi connectivity index (χ3n) is 5.82. The van der Waals surface area contributed by atoms with Crippen LogP contribution in [0, 0.1) is 5.92 Å². The van der Waals surface area contributed by atoms with Crippen LogP contribution in [-0.2, 0) is 4.79 Å². The summed E-state index contributed by atoms with van der Waals surface area (Å²) >= 11 is 0. The Morgan fingerprint density at radius 3 is 2.47 bits per heavy atom. The number of nitrogens with zero attached hydrogens (tertiary/aromatic N) is 3. The van der Waals surface area contributed by atoms with E-state index in [9.17, 15) is 4.79 Å². The summed E-state index contributed by atoms with van der Waals surface area (Å²) in [7, 11) is 6.14. The first kappa shape index (κ1) is 26.0. The lowest BCUT2D eigenvalue weighted by atomic mass is 10.0. The van der Waals surface area contributed by atoms with E-state index < -0.39 is 0 Å². The van der Waals surface area contributed by atoms with Crippen molar-refractivity contribution >= 4 is 5.91 Å². The van der Waals surface area contributed by atoms with Crippen molar-refractivity contribution in [1.29, 1.82) is 0 Å². The van der Waals surface area contributed by atoms with Crippen LogP contribution in [0.3, 0.4) is 0 Å². The normalized spacial score (nSPS) is 17.7. The van der Waals surface area contributed by atoms with Gasteiger partial charge in [0.15, 0.2) is 0 Å². The lowest BCUT2D eigenvalue weighted by Crippen LogP contribution is -2.47. The highest BCUT2D eigenvalue weighted by Crippen LogP contribution is 2.31. The monoisotopic (exact) mass is 413 g/mol. The highest BCUT2D eigenvalue weighted by molar-refractivity contribution is 5.83. The Kier molecular flexibility index (Phi) is 11.5. The van der Waals surface area contributed by atoms with Crippen LogP contribution in [0.25, 0.3) is 0 Å². The molecule has 1 aliphatic heterocycles. The molecule has 0 aliphatic carbocycles. The zero-order valence-corrected chi connectivity index (χ0v) is 20.3.